The summed E-state index contributed by atoms with van der Waals surface area (Å²) in [5.41, 5.74) is 6.26. The summed E-state index contributed by atoms with van der Waals surface area (Å²) in [6.07, 6.45) is 2.88. The van der Waals surface area contributed by atoms with Crippen LogP contribution in [-0.4, -0.2) is 36.4 Å². The summed E-state index contributed by atoms with van der Waals surface area (Å²) >= 11 is 9.60. The SMILES string of the molecule is COc1cc(N2C(=S)N[C@H](c3ccccn3)[C@@H]2c2cc(C)n(-c3ccccc3Br)c2C)ccc1NS(C)(=O)=O. The summed E-state index contributed by atoms with van der Waals surface area (Å²) < 4.78 is 35.1. The molecule has 4 aromatic rings. The second-order valence-electron chi connectivity index (χ2n) is 9.37. The maximum atomic E-state index is 11.9. The number of nitrogens with zero attached hydrogens (tertiary/aromatic N) is 3. The molecule has 0 spiro atoms. The van der Waals surface area contributed by atoms with Gasteiger partial charge in [-0.05, 0) is 90.0 Å². The normalized spacial score (nSPS) is 17.3. The fourth-order valence-corrected chi connectivity index (χ4v) is 6.53. The van der Waals surface area contributed by atoms with Crippen LogP contribution in [0.1, 0.15) is 34.7 Å². The Bertz CT molecular complexity index is 1660. The molecule has 1 saturated heterocycles. The Kier molecular flexibility index (Phi) is 7.41. The minimum atomic E-state index is -3.49. The third-order valence-corrected chi connectivity index (χ3v) is 8.31. The summed E-state index contributed by atoms with van der Waals surface area (Å²) in [4.78, 5) is 6.70. The first kappa shape index (κ1) is 27.2. The van der Waals surface area contributed by atoms with Crippen molar-refractivity contribution in [3.63, 3.8) is 0 Å². The van der Waals surface area contributed by atoms with E-state index in [0.717, 1.165) is 44.7 Å². The number of rotatable bonds is 7. The fraction of sp³-hybridized carbons (Fsp3) is 0.214. The number of sulfonamides is 1. The molecule has 11 heteroatoms. The highest BCUT2D eigenvalue weighted by atomic mass is 79.9. The molecule has 1 aliphatic heterocycles. The van der Waals surface area contributed by atoms with Gasteiger partial charge in [-0.1, -0.05) is 18.2 Å². The molecule has 5 rings (SSSR count). The molecule has 202 valence electrons. The van der Waals surface area contributed by atoms with Crippen molar-refractivity contribution in [1.82, 2.24) is 14.9 Å². The lowest BCUT2D eigenvalue weighted by Gasteiger charge is -2.29. The highest BCUT2D eigenvalue weighted by Crippen LogP contribution is 2.45. The van der Waals surface area contributed by atoms with Crippen LogP contribution in [0.3, 0.4) is 0 Å². The third-order valence-electron chi connectivity index (χ3n) is 6.74. The topological polar surface area (TPSA) is 88.5 Å². The number of halogens is 1. The number of para-hydroxylation sites is 1. The van der Waals surface area contributed by atoms with Crippen LogP contribution in [0.5, 0.6) is 5.75 Å². The lowest BCUT2D eigenvalue weighted by molar-refractivity contribution is 0.417. The van der Waals surface area contributed by atoms with Gasteiger partial charge in [-0.25, -0.2) is 8.42 Å². The molecule has 2 aromatic heterocycles. The maximum absolute atomic E-state index is 11.9. The second kappa shape index (κ2) is 10.6. The van der Waals surface area contributed by atoms with Crippen LogP contribution in [0.25, 0.3) is 5.69 Å². The molecule has 2 N–H and O–H groups in total. The Morgan fingerprint density at radius 1 is 1.08 bits per heavy atom. The first-order valence-corrected chi connectivity index (χ1v) is 15.3. The summed E-state index contributed by atoms with van der Waals surface area (Å²) in [5.74, 6) is 0.388. The van der Waals surface area contributed by atoms with E-state index >= 15 is 0 Å². The number of anilines is 2. The number of benzene rings is 2. The highest BCUT2D eigenvalue weighted by molar-refractivity contribution is 9.10. The van der Waals surface area contributed by atoms with Crippen molar-refractivity contribution in [3.05, 3.63) is 100 Å². The first-order chi connectivity index (χ1) is 18.6. The van der Waals surface area contributed by atoms with Crippen LogP contribution < -0.4 is 19.7 Å². The number of aryl methyl sites for hydroxylation is 1. The Morgan fingerprint density at radius 3 is 2.49 bits per heavy atom. The number of hydrogen-bond acceptors (Lipinski definition) is 5. The van der Waals surface area contributed by atoms with Gasteiger partial charge in [0.2, 0.25) is 10.0 Å². The minimum Gasteiger partial charge on any atom is -0.494 e. The van der Waals surface area contributed by atoms with E-state index in [1.165, 1.54) is 7.11 Å². The number of nitrogens with one attached hydrogen (secondary N) is 2. The van der Waals surface area contributed by atoms with E-state index in [-0.39, 0.29) is 12.1 Å². The third kappa shape index (κ3) is 5.26. The largest absolute Gasteiger partial charge is 0.494 e. The predicted molar refractivity (Wildman–Crippen MR) is 162 cm³/mol. The van der Waals surface area contributed by atoms with Crippen molar-refractivity contribution in [2.24, 2.45) is 0 Å². The van der Waals surface area contributed by atoms with Crippen molar-refractivity contribution >= 4 is 54.7 Å². The molecule has 8 nitrogen and oxygen atoms in total. The predicted octanol–water partition coefficient (Wildman–Crippen LogP) is 5.81. The van der Waals surface area contributed by atoms with Gasteiger partial charge in [-0.3, -0.25) is 9.71 Å². The summed E-state index contributed by atoms with van der Waals surface area (Å²) in [6, 6.07) is 21.0. The molecular formula is C28H28BrN5O3S2. The van der Waals surface area contributed by atoms with Gasteiger partial charge in [0.05, 0.1) is 42.5 Å². The van der Waals surface area contributed by atoms with E-state index in [4.69, 9.17) is 17.0 Å². The zero-order valence-corrected chi connectivity index (χ0v) is 25.1. The van der Waals surface area contributed by atoms with Crippen molar-refractivity contribution in [2.75, 3.05) is 23.0 Å². The molecule has 0 saturated carbocycles. The van der Waals surface area contributed by atoms with Gasteiger partial charge in [0.1, 0.15) is 5.75 Å². The van der Waals surface area contributed by atoms with Crippen LogP contribution in [0.2, 0.25) is 0 Å². The molecule has 0 amide bonds. The zero-order chi connectivity index (χ0) is 27.9. The lowest BCUT2D eigenvalue weighted by atomic mass is 9.96. The van der Waals surface area contributed by atoms with Crippen molar-refractivity contribution in [2.45, 2.75) is 25.9 Å². The molecule has 2 atom stereocenters. The van der Waals surface area contributed by atoms with Gasteiger partial charge < -0.3 is 19.5 Å². The molecule has 39 heavy (non-hydrogen) atoms. The van der Waals surface area contributed by atoms with Gasteiger partial charge in [0, 0.05) is 33.8 Å². The van der Waals surface area contributed by atoms with Gasteiger partial charge in [-0.15, -0.1) is 0 Å². The molecule has 2 aromatic carbocycles. The number of thiocarbonyl (C=S) groups is 1. The van der Waals surface area contributed by atoms with Gasteiger partial charge in [0.25, 0.3) is 0 Å². The molecule has 1 fully saturated rings. The molecule has 0 unspecified atom stereocenters. The van der Waals surface area contributed by atoms with Crippen molar-refractivity contribution < 1.29 is 13.2 Å². The number of ether oxygens (including phenoxy) is 1. The zero-order valence-electron chi connectivity index (χ0n) is 21.8. The quantitative estimate of drug-likeness (QED) is 0.251. The number of aromatic nitrogens is 2. The monoisotopic (exact) mass is 625 g/mol. The van der Waals surface area contributed by atoms with Gasteiger partial charge in [0.15, 0.2) is 5.11 Å². The fourth-order valence-electron chi connectivity index (χ4n) is 5.15. The van der Waals surface area contributed by atoms with Crippen molar-refractivity contribution in [1.29, 1.82) is 0 Å². The number of methoxy groups -OCH3 is 1. The Labute approximate surface area is 242 Å². The Morgan fingerprint density at radius 2 is 1.82 bits per heavy atom. The smallest absolute Gasteiger partial charge is 0.229 e. The number of pyridine rings is 1. The lowest BCUT2D eigenvalue weighted by Crippen LogP contribution is -2.29. The highest BCUT2D eigenvalue weighted by Gasteiger charge is 2.42. The number of hydrogen-bond donors (Lipinski definition) is 2. The second-order valence-corrected chi connectivity index (χ2v) is 12.4. The van der Waals surface area contributed by atoms with E-state index in [1.54, 1.807) is 18.3 Å². The average molecular weight is 627 g/mol. The first-order valence-electron chi connectivity index (χ1n) is 12.2. The van der Waals surface area contributed by atoms with E-state index < -0.39 is 10.0 Å². The molecule has 0 radical (unpaired) electrons. The summed E-state index contributed by atoms with van der Waals surface area (Å²) in [7, 11) is -1.98. The van der Waals surface area contributed by atoms with Crippen LogP contribution in [0.15, 0.2) is 77.4 Å². The summed E-state index contributed by atoms with van der Waals surface area (Å²) in [6.45, 7) is 4.20. The van der Waals surface area contributed by atoms with E-state index in [2.05, 4.69) is 61.5 Å². The van der Waals surface area contributed by atoms with Crippen molar-refractivity contribution in [3.8, 4) is 11.4 Å². The van der Waals surface area contributed by atoms with Crippen LogP contribution in [-0.2, 0) is 10.0 Å². The van der Waals surface area contributed by atoms with Crippen LogP contribution >= 0.6 is 28.1 Å². The van der Waals surface area contributed by atoms with E-state index in [9.17, 15) is 8.42 Å². The molecular weight excluding hydrogens is 598 g/mol. The molecule has 0 aliphatic carbocycles. The maximum Gasteiger partial charge on any atom is 0.229 e. The van der Waals surface area contributed by atoms with E-state index in [1.807, 2.05) is 47.4 Å². The Balaban J connectivity index is 1.67. The molecule has 0 bridgehead atoms. The molecule has 3 heterocycles. The Hall–Kier alpha value is -3.41. The van der Waals surface area contributed by atoms with E-state index in [0.29, 0.717) is 16.5 Å². The van der Waals surface area contributed by atoms with Gasteiger partial charge >= 0.3 is 0 Å². The standard InChI is InChI=1S/C28H28BrN5O3S2/c1-17-15-20(18(2)33(17)24-11-6-5-9-21(24)29)27-26(23-10-7-8-14-30-23)31-28(38)34(27)19-12-13-22(25(16-19)37-3)32-39(4,35)36/h5-16,26-27,32H,1-4H3,(H,31,38)/t26-,27+/m1/s1. The summed E-state index contributed by atoms with van der Waals surface area (Å²) in [5, 5.41) is 4.02. The minimum absolute atomic E-state index is 0.230. The molecule has 1 aliphatic rings. The van der Waals surface area contributed by atoms with Gasteiger partial charge in [-0.2, -0.15) is 0 Å². The van der Waals surface area contributed by atoms with Crippen LogP contribution in [0.4, 0.5) is 11.4 Å². The average Bonchev–Trinajstić information content (AvgIpc) is 3.39. The van der Waals surface area contributed by atoms with Crippen LogP contribution in [0, 0.1) is 13.8 Å².